The molecule has 0 aliphatic carbocycles. The van der Waals surface area contributed by atoms with Crippen molar-refractivity contribution < 1.29 is 9.90 Å². The first-order chi connectivity index (χ1) is 4.63. The molecule has 0 unspecified atom stereocenters. The van der Waals surface area contributed by atoms with Crippen molar-refractivity contribution in [3.8, 4) is 0 Å². The number of rotatable bonds is 4. The highest BCUT2D eigenvalue weighted by Gasteiger charge is 2.36. The molecule has 0 aromatic carbocycles. The standard InChI is InChI=1S/C6H11NO3/c1-3-6(4-2,7-10)5(8)9/h3-4H2,1-2H3,(H,8,9). The molecule has 0 bridgehead atoms. The van der Waals surface area contributed by atoms with Gasteiger partial charge in [-0.3, -0.25) is 0 Å². The molecule has 0 heterocycles. The normalized spacial score (nSPS) is 11.0. The summed E-state index contributed by atoms with van der Waals surface area (Å²) in [6.07, 6.45) is 0.505. The van der Waals surface area contributed by atoms with Gasteiger partial charge in [0.15, 0.2) is 5.54 Å². The summed E-state index contributed by atoms with van der Waals surface area (Å²) in [5, 5.41) is 11.1. The number of aliphatic carboxylic acids is 1. The quantitative estimate of drug-likeness (QED) is 0.608. The molecule has 0 rings (SSSR count). The smallest absolute Gasteiger partial charge is 0.335 e. The second kappa shape index (κ2) is 3.29. The second-order valence-corrected chi connectivity index (χ2v) is 2.14. The van der Waals surface area contributed by atoms with E-state index >= 15 is 0 Å². The SMILES string of the molecule is CCC(CC)(N=O)C(=O)O. The van der Waals surface area contributed by atoms with Crippen LogP contribution in [0.4, 0.5) is 0 Å². The zero-order chi connectivity index (χ0) is 8.20. The Morgan fingerprint density at radius 3 is 1.90 bits per heavy atom. The van der Waals surface area contributed by atoms with Crippen LogP contribution in [0, 0.1) is 4.91 Å². The Hall–Kier alpha value is -0.930. The van der Waals surface area contributed by atoms with Crippen LogP contribution >= 0.6 is 0 Å². The van der Waals surface area contributed by atoms with E-state index in [-0.39, 0.29) is 12.8 Å². The largest absolute Gasteiger partial charge is 0.479 e. The Morgan fingerprint density at radius 2 is 1.90 bits per heavy atom. The third kappa shape index (κ3) is 1.32. The molecular formula is C6H11NO3. The van der Waals surface area contributed by atoms with Crippen molar-refractivity contribution in [3.63, 3.8) is 0 Å². The van der Waals surface area contributed by atoms with E-state index in [1.807, 2.05) is 0 Å². The molecule has 58 valence electrons. The number of carboxylic acids is 1. The molecule has 0 radical (unpaired) electrons. The van der Waals surface area contributed by atoms with Gasteiger partial charge in [0, 0.05) is 0 Å². The van der Waals surface area contributed by atoms with Crippen LogP contribution in [-0.4, -0.2) is 16.6 Å². The van der Waals surface area contributed by atoms with E-state index < -0.39 is 11.5 Å². The van der Waals surface area contributed by atoms with E-state index in [1.54, 1.807) is 13.8 Å². The minimum Gasteiger partial charge on any atom is -0.479 e. The molecule has 0 aliphatic heterocycles. The van der Waals surface area contributed by atoms with E-state index in [9.17, 15) is 9.70 Å². The summed E-state index contributed by atoms with van der Waals surface area (Å²) < 4.78 is 0. The maximum atomic E-state index is 10.4. The van der Waals surface area contributed by atoms with Crippen LogP contribution in [0.3, 0.4) is 0 Å². The molecule has 0 saturated heterocycles. The van der Waals surface area contributed by atoms with Crippen molar-refractivity contribution in [3.05, 3.63) is 4.91 Å². The molecule has 0 fully saturated rings. The van der Waals surface area contributed by atoms with Crippen LogP contribution < -0.4 is 0 Å². The van der Waals surface area contributed by atoms with Crippen LogP contribution in [0.15, 0.2) is 5.18 Å². The van der Waals surface area contributed by atoms with Crippen molar-refractivity contribution in [2.24, 2.45) is 5.18 Å². The maximum absolute atomic E-state index is 10.4. The number of hydrogen-bond donors (Lipinski definition) is 1. The predicted octanol–water partition coefficient (Wildman–Crippen LogP) is 1.40. The van der Waals surface area contributed by atoms with Gasteiger partial charge in [-0.05, 0) is 12.8 Å². The molecule has 0 aromatic heterocycles. The summed E-state index contributed by atoms with van der Waals surface area (Å²) >= 11 is 0. The minimum absolute atomic E-state index is 0.252. The highest BCUT2D eigenvalue weighted by Crippen LogP contribution is 2.19. The number of carboxylic acid groups (broad SMARTS) is 1. The van der Waals surface area contributed by atoms with Crippen LogP contribution in [0.2, 0.25) is 0 Å². The first-order valence-electron chi connectivity index (χ1n) is 3.21. The van der Waals surface area contributed by atoms with Gasteiger partial charge in [-0.2, -0.15) is 0 Å². The van der Waals surface area contributed by atoms with E-state index in [2.05, 4.69) is 5.18 Å². The Bertz CT molecular complexity index is 140. The molecule has 4 nitrogen and oxygen atoms in total. The van der Waals surface area contributed by atoms with Gasteiger partial charge >= 0.3 is 5.97 Å². The van der Waals surface area contributed by atoms with Gasteiger partial charge in [-0.15, -0.1) is 4.91 Å². The Balaban J connectivity index is 4.46. The number of hydrogen-bond acceptors (Lipinski definition) is 3. The number of carbonyl (C=O) groups is 1. The molecule has 1 N–H and O–H groups in total. The van der Waals surface area contributed by atoms with Crippen molar-refractivity contribution >= 4 is 5.97 Å². The fourth-order valence-electron chi connectivity index (χ4n) is 0.721. The Labute approximate surface area is 59.2 Å². The highest BCUT2D eigenvalue weighted by molar-refractivity contribution is 5.78. The van der Waals surface area contributed by atoms with Gasteiger partial charge in [0.1, 0.15) is 0 Å². The summed E-state index contributed by atoms with van der Waals surface area (Å²) in [5.74, 6) is -1.13. The average Bonchev–Trinajstić information content (AvgIpc) is 1.92. The Morgan fingerprint density at radius 1 is 1.50 bits per heavy atom. The Kier molecular flexibility index (Phi) is 2.99. The molecule has 0 atom stereocenters. The molecule has 0 aliphatic rings. The zero-order valence-electron chi connectivity index (χ0n) is 6.13. The average molecular weight is 145 g/mol. The van der Waals surface area contributed by atoms with Gasteiger partial charge in [-0.1, -0.05) is 19.0 Å². The first-order valence-corrected chi connectivity index (χ1v) is 3.21. The van der Waals surface area contributed by atoms with Gasteiger partial charge in [-0.25, -0.2) is 4.79 Å². The molecule has 4 heteroatoms. The van der Waals surface area contributed by atoms with Gasteiger partial charge in [0.2, 0.25) is 0 Å². The van der Waals surface area contributed by atoms with Crippen molar-refractivity contribution in [2.45, 2.75) is 32.2 Å². The number of nitrogens with zero attached hydrogens (tertiary/aromatic N) is 1. The molecule has 0 saturated carbocycles. The second-order valence-electron chi connectivity index (χ2n) is 2.14. The van der Waals surface area contributed by atoms with Crippen molar-refractivity contribution in [1.29, 1.82) is 0 Å². The molecule has 10 heavy (non-hydrogen) atoms. The minimum atomic E-state index is -1.39. The van der Waals surface area contributed by atoms with E-state index in [4.69, 9.17) is 5.11 Å². The third-order valence-electron chi connectivity index (χ3n) is 1.74. The highest BCUT2D eigenvalue weighted by atomic mass is 16.4. The van der Waals surface area contributed by atoms with Crippen LogP contribution in [-0.2, 0) is 4.79 Å². The molecular weight excluding hydrogens is 134 g/mol. The summed E-state index contributed by atoms with van der Waals surface area (Å²) in [6, 6.07) is 0. The van der Waals surface area contributed by atoms with Crippen LogP contribution in [0.1, 0.15) is 26.7 Å². The monoisotopic (exact) mass is 145 g/mol. The lowest BCUT2D eigenvalue weighted by molar-refractivity contribution is -0.143. The molecule has 0 amide bonds. The summed E-state index contributed by atoms with van der Waals surface area (Å²) in [6.45, 7) is 3.28. The van der Waals surface area contributed by atoms with Gasteiger partial charge in [0.05, 0.1) is 0 Å². The van der Waals surface area contributed by atoms with Crippen LogP contribution in [0.5, 0.6) is 0 Å². The zero-order valence-corrected chi connectivity index (χ0v) is 6.13. The van der Waals surface area contributed by atoms with Crippen LogP contribution in [0.25, 0.3) is 0 Å². The maximum Gasteiger partial charge on any atom is 0.335 e. The predicted molar refractivity (Wildman–Crippen MR) is 36.7 cm³/mol. The van der Waals surface area contributed by atoms with E-state index in [0.29, 0.717) is 0 Å². The van der Waals surface area contributed by atoms with Crippen molar-refractivity contribution in [2.75, 3.05) is 0 Å². The van der Waals surface area contributed by atoms with E-state index in [0.717, 1.165) is 0 Å². The lowest BCUT2D eigenvalue weighted by Gasteiger charge is -2.15. The summed E-state index contributed by atoms with van der Waals surface area (Å²) in [4.78, 5) is 20.5. The first kappa shape index (κ1) is 9.07. The molecule has 0 spiro atoms. The summed E-state index contributed by atoms with van der Waals surface area (Å²) in [7, 11) is 0. The van der Waals surface area contributed by atoms with Gasteiger partial charge in [0.25, 0.3) is 0 Å². The lowest BCUT2D eigenvalue weighted by atomic mass is 9.95. The fraction of sp³-hybridized carbons (Fsp3) is 0.833. The fourth-order valence-corrected chi connectivity index (χ4v) is 0.721. The lowest BCUT2D eigenvalue weighted by Crippen LogP contribution is -2.34. The number of nitroso groups, excluding NO2 is 1. The third-order valence-corrected chi connectivity index (χ3v) is 1.74. The van der Waals surface area contributed by atoms with E-state index in [1.165, 1.54) is 0 Å². The summed E-state index contributed by atoms with van der Waals surface area (Å²) in [5.41, 5.74) is -1.39. The molecule has 0 aromatic rings. The van der Waals surface area contributed by atoms with Crippen molar-refractivity contribution in [1.82, 2.24) is 0 Å². The topological polar surface area (TPSA) is 66.7 Å². The van der Waals surface area contributed by atoms with Gasteiger partial charge < -0.3 is 5.11 Å².